The van der Waals surface area contributed by atoms with Crippen LogP contribution in [0.5, 0.6) is 11.5 Å². The molecule has 30 heavy (non-hydrogen) atoms. The van der Waals surface area contributed by atoms with E-state index in [1.165, 1.54) is 11.8 Å². The van der Waals surface area contributed by atoms with E-state index in [0.29, 0.717) is 12.3 Å². The van der Waals surface area contributed by atoms with E-state index in [4.69, 9.17) is 9.47 Å². The van der Waals surface area contributed by atoms with Crippen LogP contribution < -0.4 is 14.4 Å². The monoisotopic (exact) mass is 423 g/mol. The Hall–Kier alpha value is -2.93. The lowest BCUT2D eigenvalue weighted by atomic mass is 10.1. The zero-order chi connectivity index (χ0) is 21.1. The van der Waals surface area contributed by atoms with Crippen molar-refractivity contribution in [3.05, 3.63) is 66.5 Å². The van der Waals surface area contributed by atoms with Crippen molar-refractivity contribution in [2.24, 2.45) is 0 Å². The fourth-order valence-electron chi connectivity index (χ4n) is 3.26. The quantitative estimate of drug-likeness (QED) is 0.538. The summed E-state index contributed by atoms with van der Waals surface area (Å²) >= 11 is 1.46. The van der Waals surface area contributed by atoms with Gasteiger partial charge in [-0.05, 0) is 50.6 Å². The van der Waals surface area contributed by atoms with Crippen LogP contribution in [0.15, 0.2) is 66.1 Å². The van der Waals surface area contributed by atoms with Gasteiger partial charge in [-0.15, -0.1) is 0 Å². The van der Waals surface area contributed by atoms with Crippen molar-refractivity contribution in [2.45, 2.75) is 38.0 Å². The van der Waals surface area contributed by atoms with Gasteiger partial charge in [0.15, 0.2) is 16.7 Å². The van der Waals surface area contributed by atoms with E-state index in [1.54, 1.807) is 11.1 Å². The third-order valence-corrected chi connectivity index (χ3v) is 5.75. The number of amides is 1. The van der Waals surface area contributed by atoms with Gasteiger partial charge in [-0.3, -0.25) is 4.79 Å². The second kappa shape index (κ2) is 8.44. The maximum Gasteiger partial charge on any atom is 0.237 e. The van der Waals surface area contributed by atoms with Gasteiger partial charge in [0.2, 0.25) is 12.7 Å². The maximum absolute atomic E-state index is 13.3. The molecule has 1 aliphatic rings. The van der Waals surface area contributed by atoms with E-state index in [-0.39, 0.29) is 18.2 Å². The van der Waals surface area contributed by atoms with E-state index < -0.39 is 0 Å². The molecule has 1 amide bonds. The third-order valence-electron chi connectivity index (χ3n) is 4.80. The van der Waals surface area contributed by atoms with Gasteiger partial charge in [-0.1, -0.05) is 36.0 Å². The summed E-state index contributed by atoms with van der Waals surface area (Å²) in [5.74, 6) is 1.77. The SMILES string of the molecule is CC(C)(C)n1ccnc1SCC(=O)N(Cc1ccc2c(c1)OCO2)c1ccccc1. The van der Waals surface area contributed by atoms with Crippen molar-refractivity contribution >= 4 is 23.4 Å². The summed E-state index contributed by atoms with van der Waals surface area (Å²) in [7, 11) is 0. The van der Waals surface area contributed by atoms with Crippen molar-refractivity contribution in [3.63, 3.8) is 0 Å². The van der Waals surface area contributed by atoms with E-state index in [0.717, 1.165) is 27.9 Å². The Labute approximate surface area is 180 Å². The topological polar surface area (TPSA) is 56.6 Å². The van der Waals surface area contributed by atoms with E-state index >= 15 is 0 Å². The van der Waals surface area contributed by atoms with Crippen molar-refractivity contribution in [1.29, 1.82) is 0 Å². The molecule has 3 aromatic rings. The van der Waals surface area contributed by atoms with Crippen LogP contribution >= 0.6 is 11.8 Å². The molecule has 0 saturated heterocycles. The zero-order valence-electron chi connectivity index (χ0n) is 17.4. The number of hydrogen-bond donors (Lipinski definition) is 0. The van der Waals surface area contributed by atoms with Gasteiger partial charge in [-0.25, -0.2) is 4.98 Å². The third kappa shape index (κ3) is 4.46. The Morgan fingerprint density at radius 3 is 2.67 bits per heavy atom. The molecule has 0 unspecified atom stereocenters. The number of hydrogen-bond acceptors (Lipinski definition) is 5. The Balaban J connectivity index is 1.53. The number of benzene rings is 2. The molecule has 156 valence electrons. The second-order valence-electron chi connectivity index (χ2n) is 8.04. The first kappa shape index (κ1) is 20.3. The molecule has 0 saturated carbocycles. The molecule has 0 bridgehead atoms. The Morgan fingerprint density at radius 2 is 1.90 bits per heavy atom. The number of thioether (sulfide) groups is 1. The van der Waals surface area contributed by atoms with Gasteiger partial charge >= 0.3 is 0 Å². The molecule has 1 aliphatic heterocycles. The number of carbonyl (C=O) groups excluding carboxylic acids is 1. The smallest absolute Gasteiger partial charge is 0.237 e. The van der Waals surface area contributed by atoms with Gasteiger partial charge in [0.1, 0.15) is 0 Å². The van der Waals surface area contributed by atoms with Crippen LogP contribution in [0, 0.1) is 0 Å². The average Bonchev–Trinajstić information content (AvgIpc) is 3.39. The molecule has 2 aromatic carbocycles. The van der Waals surface area contributed by atoms with Crippen molar-refractivity contribution in [1.82, 2.24) is 9.55 Å². The molecular formula is C23H25N3O3S. The summed E-state index contributed by atoms with van der Waals surface area (Å²) in [5, 5.41) is 0.840. The Kier molecular flexibility index (Phi) is 5.72. The predicted molar refractivity (Wildman–Crippen MR) is 118 cm³/mol. The number of anilines is 1. The minimum Gasteiger partial charge on any atom is -0.454 e. The largest absolute Gasteiger partial charge is 0.454 e. The summed E-state index contributed by atoms with van der Waals surface area (Å²) in [5.41, 5.74) is 1.76. The lowest BCUT2D eigenvalue weighted by molar-refractivity contribution is -0.116. The van der Waals surface area contributed by atoms with Crippen molar-refractivity contribution < 1.29 is 14.3 Å². The molecule has 0 fully saturated rings. The molecule has 2 heterocycles. The van der Waals surface area contributed by atoms with Crippen LogP contribution in [0.2, 0.25) is 0 Å². The maximum atomic E-state index is 13.3. The van der Waals surface area contributed by atoms with E-state index in [1.807, 2.05) is 54.7 Å². The molecule has 0 spiro atoms. The fourth-order valence-corrected chi connectivity index (χ4v) is 4.28. The molecule has 6 nitrogen and oxygen atoms in total. The van der Waals surface area contributed by atoms with Gasteiger partial charge in [0, 0.05) is 23.6 Å². The van der Waals surface area contributed by atoms with Crippen LogP contribution in [0.25, 0.3) is 0 Å². The number of para-hydroxylation sites is 1. The number of imidazole rings is 1. The predicted octanol–water partition coefficient (Wildman–Crippen LogP) is 4.69. The molecule has 4 rings (SSSR count). The first-order chi connectivity index (χ1) is 14.4. The average molecular weight is 424 g/mol. The van der Waals surface area contributed by atoms with Crippen LogP contribution in [-0.4, -0.2) is 28.0 Å². The molecule has 1 aromatic heterocycles. The minimum absolute atomic E-state index is 0.0207. The van der Waals surface area contributed by atoms with Crippen LogP contribution in [-0.2, 0) is 16.9 Å². The number of aromatic nitrogens is 2. The highest BCUT2D eigenvalue weighted by Crippen LogP contribution is 2.33. The van der Waals surface area contributed by atoms with Gasteiger partial charge in [0.25, 0.3) is 0 Å². The summed E-state index contributed by atoms with van der Waals surface area (Å²) < 4.78 is 13.0. The van der Waals surface area contributed by atoms with Crippen molar-refractivity contribution in [3.8, 4) is 11.5 Å². The number of ether oxygens (including phenoxy) is 2. The van der Waals surface area contributed by atoms with Crippen LogP contribution in [0.3, 0.4) is 0 Å². The molecule has 0 aliphatic carbocycles. The van der Waals surface area contributed by atoms with Gasteiger partial charge < -0.3 is 18.9 Å². The van der Waals surface area contributed by atoms with Crippen molar-refractivity contribution in [2.75, 3.05) is 17.4 Å². The lowest BCUT2D eigenvalue weighted by Gasteiger charge is -2.25. The normalized spacial score (nSPS) is 12.8. The van der Waals surface area contributed by atoms with Crippen LogP contribution in [0.1, 0.15) is 26.3 Å². The number of fused-ring (bicyclic) bond motifs is 1. The molecule has 0 atom stereocenters. The molecule has 7 heteroatoms. The highest BCUT2D eigenvalue weighted by Gasteiger charge is 2.22. The summed E-state index contributed by atoms with van der Waals surface area (Å²) in [6, 6.07) is 15.5. The standard InChI is InChI=1S/C23H25N3O3S/c1-23(2,3)26-12-11-24-22(26)30-15-21(27)25(18-7-5-4-6-8-18)14-17-9-10-19-20(13-17)29-16-28-19/h4-13H,14-16H2,1-3H3. The van der Waals surface area contributed by atoms with Gasteiger partial charge in [-0.2, -0.15) is 0 Å². The van der Waals surface area contributed by atoms with Gasteiger partial charge in [0.05, 0.1) is 12.3 Å². The minimum atomic E-state index is -0.0898. The number of rotatable bonds is 6. The summed E-state index contributed by atoms with van der Waals surface area (Å²) in [4.78, 5) is 19.5. The fraction of sp³-hybridized carbons (Fsp3) is 0.304. The summed E-state index contributed by atoms with van der Waals surface area (Å²) in [6.07, 6.45) is 3.73. The Bertz CT molecular complexity index is 1030. The summed E-state index contributed by atoms with van der Waals surface area (Å²) in [6.45, 7) is 7.05. The Morgan fingerprint density at radius 1 is 1.13 bits per heavy atom. The number of nitrogens with zero attached hydrogens (tertiary/aromatic N) is 3. The molecular weight excluding hydrogens is 398 g/mol. The highest BCUT2D eigenvalue weighted by molar-refractivity contribution is 7.99. The second-order valence-corrected chi connectivity index (χ2v) is 8.98. The number of carbonyl (C=O) groups is 1. The first-order valence-corrected chi connectivity index (χ1v) is 10.8. The lowest BCUT2D eigenvalue weighted by Crippen LogP contribution is -2.32. The highest BCUT2D eigenvalue weighted by atomic mass is 32.2. The molecule has 0 radical (unpaired) electrons. The van der Waals surface area contributed by atoms with Crippen LogP contribution in [0.4, 0.5) is 5.69 Å². The first-order valence-electron chi connectivity index (χ1n) is 9.82. The zero-order valence-corrected chi connectivity index (χ0v) is 18.2. The van der Waals surface area contributed by atoms with E-state index in [9.17, 15) is 4.79 Å². The van der Waals surface area contributed by atoms with E-state index in [2.05, 4.69) is 30.3 Å². The molecule has 0 N–H and O–H groups in total.